The van der Waals surface area contributed by atoms with E-state index in [0.29, 0.717) is 18.2 Å². The molecule has 3 heterocycles. The summed E-state index contributed by atoms with van der Waals surface area (Å²) < 4.78 is 5.30. The van der Waals surface area contributed by atoms with Crippen molar-refractivity contribution in [1.29, 1.82) is 0 Å². The minimum Gasteiger partial charge on any atom is -0.478 e. The van der Waals surface area contributed by atoms with E-state index in [2.05, 4.69) is 15.3 Å². The average molecular weight is 332 g/mol. The molecule has 1 aliphatic heterocycles. The highest BCUT2D eigenvalue weighted by atomic mass is 32.1. The molecule has 2 amide bonds. The highest BCUT2D eigenvalue weighted by Gasteiger charge is 2.31. The van der Waals surface area contributed by atoms with Crippen molar-refractivity contribution < 1.29 is 9.53 Å². The van der Waals surface area contributed by atoms with Crippen molar-refractivity contribution in [2.24, 2.45) is 0 Å². The molecule has 1 fully saturated rings. The van der Waals surface area contributed by atoms with Crippen LogP contribution in [0.1, 0.15) is 36.5 Å². The average Bonchev–Trinajstić information content (AvgIpc) is 3.18. The van der Waals surface area contributed by atoms with Crippen LogP contribution in [-0.2, 0) is 0 Å². The fourth-order valence-corrected chi connectivity index (χ4v) is 3.39. The Balaban J connectivity index is 1.67. The summed E-state index contributed by atoms with van der Waals surface area (Å²) in [5.41, 5.74) is 1.66. The molecule has 0 aliphatic carbocycles. The summed E-state index contributed by atoms with van der Waals surface area (Å²) in [7, 11) is 0. The van der Waals surface area contributed by atoms with Crippen LogP contribution in [0.2, 0.25) is 0 Å². The lowest BCUT2D eigenvalue weighted by molar-refractivity contribution is 0.206. The molecule has 3 rings (SSSR count). The Labute approximate surface area is 139 Å². The number of ether oxygens (including phenoxy) is 1. The van der Waals surface area contributed by atoms with Crippen LogP contribution in [0.25, 0.3) is 0 Å². The van der Waals surface area contributed by atoms with Gasteiger partial charge in [-0.05, 0) is 32.8 Å². The minimum atomic E-state index is -0.107. The van der Waals surface area contributed by atoms with Gasteiger partial charge in [0.15, 0.2) is 0 Å². The van der Waals surface area contributed by atoms with Gasteiger partial charge >= 0.3 is 6.03 Å². The third-order valence-corrected chi connectivity index (χ3v) is 4.56. The number of aryl methyl sites for hydroxylation is 1. The molecule has 1 N–H and O–H groups in total. The number of anilines is 1. The van der Waals surface area contributed by atoms with Gasteiger partial charge in [0.25, 0.3) is 0 Å². The number of carbonyl (C=O) groups is 1. The second-order valence-corrected chi connectivity index (χ2v) is 6.45. The van der Waals surface area contributed by atoms with Gasteiger partial charge in [0, 0.05) is 18.0 Å². The number of nitrogens with one attached hydrogen (secondary N) is 1. The van der Waals surface area contributed by atoms with Crippen molar-refractivity contribution >= 4 is 23.1 Å². The lowest BCUT2D eigenvalue weighted by Gasteiger charge is -2.23. The molecule has 1 aliphatic rings. The van der Waals surface area contributed by atoms with Crippen LogP contribution in [-0.4, -0.2) is 34.1 Å². The first kappa shape index (κ1) is 15.7. The van der Waals surface area contributed by atoms with Crippen molar-refractivity contribution in [2.45, 2.75) is 32.7 Å². The van der Waals surface area contributed by atoms with E-state index < -0.39 is 0 Å². The van der Waals surface area contributed by atoms with E-state index >= 15 is 0 Å². The monoisotopic (exact) mass is 332 g/mol. The van der Waals surface area contributed by atoms with E-state index in [0.717, 1.165) is 30.1 Å². The van der Waals surface area contributed by atoms with Crippen molar-refractivity contribution in [3.63, 3.8) is 0 Å². The van der Waals surface area contributed by atoms with Crippen LogP contribution in [0, 0.1) is 6.92 Å². The number of likely N-dealkylation sites (tertiary alicyclic amines) is 1. The van der Waals surface area contributed by atoms with E-state index in [4.69, 9.17) is 4.74 Å². The maximum absolute atomic E-state index is 12.5. The molecule has 23 heavy (non-hydrogen) atoms. The molecule has 7 heteroatoms. The summed E-state index contributed by atoms with van der Waals surface area (Å²) in [4.78, 5) is 23.1. The van der Waals surface area contributed by atoms with Gasteiger partial charge in [-0.3, -0.25) is 0 Å². The largest absolute Gasteiger partial charge is 0.478 e. The van der Waals surface area contributed by atoms with Crippen molar-refractivity contribution in [2.75, 3.05) is 18.5 Å². The number of aromatic nitrogens is 2. The maximum atomic E-state index is 12.5. The fourth-order valence-electron chi connectivity index (χ4n) is 2.73. The molecule has 0 saturated carbocycles. The number of hydrogen-bond acceptors (Lipinski definition) is 5. The summed E-state index contributed by atoms with van der Waals surface area (Å²) in [5.74, 6) is 0.558. The highest BCUT2D eigenvalue weighted by Crippen LogP contribution is 2.32. The molecule has 0 unspecified atom stereocenters. The number of amides is 2. The predicted molar refractivity (Wildman–Crippen MR) is 90.0 cm³/mol. The van der Waals surface area contributed by atoms with Gasteiger partial charge in [-0.25, -0.2) is 14.8 Å². The molecular formula is C16H20N4O2S. The summed E-state index contributed by atoms with van der Waals surface area (Å²) in [6.07, 6.45) is 3.56. The zero-order valence-corrected chi connectivity index (χ0v) is 14.1. The highest BCUT2D eigenvalue weighted by molar-refractivity contribution is 7.09. The zero-order valence-electron chi connectivity index (χ0n) is 13.3. The SMILES string of the molecule is CCOc1ccc(NC(=O)N2CCC[C@@H]2c2csc(C)n2)cn1. The fraction of sp³-hybridized carbons (Fsp3) is 0.438. The van der Waals surface area contributed by atoms with Gasteiger partial charge in [0.05, 0.1) is 35.2 Å². The van der Waals surface area contributed by atoms with Crippen LogP contribution in [0.4, 0.5) is 10.5 Å². The summed E-state index contributed by atoms with van der Waals surface area (Å²) >= 11 is 1.62. The third kappa shape index (κ3) is 3.61. The Hall–Kier alpha value is -2.15. The minimum absolute atomic E-state index is 0.0654. The lowest BCUT2D eigenvalue weighted by Crippen LogP contribution is -2.34. The summed E-state index contributed by atoms with van der Waals surface area (Å²) in [6, 6.07) is 3.51. The van der Waals surface area contributed by atoms with Gasteiger partial charge in [-0.15, -0.1) is 11.3 Å². The van der Waals surface area contributed by atoms with Gasteiger partial charge in [-0.1, -0.05) is 0 Å². The first-order chi connectivity index (χ1) is 11.2. The van der Waals surface area contributed by atoms with E-state index in [1.165, 1.54) is 0 Å². The smallest absolute Gasteiger partial charge is 0.322 e. The normalized spacial score (nSPS) is 17.3. The Kier molecular flexibility index (Phi) is 4.76. The van der Waals surface area contributed by atoms with Gasteiger partial charge in [0.2, 0.25) is 5.88 Å². The van der Waals surface area contributed by atoms with Crippen LogP contribution >= 0.6 is 11.3 Å². The molecule has 2 aromatic heterocycles. The van der Waals surface area contributed by atoms with E-state index in [9.17, 15) is 4.79 Å². The van der Waals surface area contributed by atoms with E-state index in [1.54, 1.807) is 29.7 Å². The second-order valence-electron chi connectivity index (χ2n) is 5.39. The van der Waals surface area contributed by atoms with Gasteiger partial charge in [0.1, 0.15) is 0 Å². The lowest BCUT2D eigenvalue weighted by atomic mass is 10.2. The molecule has 6 nitrogen and oxygen atoms in total. The first-order valence-corrected chi connectivity index (χ1v) is 8.64. The maximum Gasteiger partial charge on any atom is 0.322 e. The van der Waals surface area contributed by atoms with Crippen LogP contribution < -0.4 is 10.1 Å². The van der Waals surface area contributed by atoms with Crippen molar-refractivity contribution in [3.8, 4) is 5.88 Å². The van der Waals surface area contributed by atoms with Crippen LogP contribution in [0.15, 0.2) is 23.7 Å². The van der Waals surface area contributed by atoms with Crippen molar-refractivity contribution in [3.05, 3.63) is 34.4 Å². The molecular weight excluding hydrogens is 312 g/mol. The molecule has 0 radical (unpaired) electrons. The van der Waals surface area contributed by atoms with Crippen LogP contribution in [0.3, 0.4) is 0 Å². The number of nitrogens with zero attached hydrogens (tertiary/aromatic N) is 3. The summed E-state index contributed by atoms with van der Waals surface area (Å²) in [5, 5.41) is 5.98. The number of carbonyl (C=O) groups excluding carboxylic acids is 1. The van der Waals surface area contributed by atoms with Crippen molar-refractivity contribution in [1.82, 2.24) is 14.9 Å². The molecule has 0 bridgehead atoms. The molecule has 122 valence electrons. The second kappa shape index (κ2) is 6.95. The Morgan fingerprint density at radius 1 is 1.52 bits per heavy atom. The molecule has 1 atom stereocenters. The predicted octanol–water partition coefficient (Wildman–Crippen LogP) is 3.61. The first-order valence-electron chi connectivity index (χ1n) is 7.76. The molecule has 1 saturated heterocycles. The topological polar surface area (TPSA) is 67.3 Å². The molecule has 0 spiro atoms. The van der Waals surface area contributed by atoms with E-state index in [-0.39, 0.29) is 12.1 Å². The standard InChI is InChI=1S/C16H20N4O2S/c1-3-22-15-7-6-12(9-17-15)19-16(21)20-8-4-5-14(20)13-10-23-11(2)18-13/h6-7,9-10,14H,3-5,8H2,1-2H3,(H,19,21)/t14-/m1/s1. The third-order valence-electron chi connectivity index (χ3n) is 3.77. The molecule has 2 aromatic rings. The molecule has 0 aromatic carbocycles. The van der Waals surface area contributed by atoms with E-state index in [1.807, 2.05) is 24.1 Å². The Bertz CT molecular complexity index is 671. The number of thiazole rings is 1. The quantitative estimate of drug-likeness (QED) is 0.928. The number of urea groups is 1. The zero-order chi connectivity index (χ0) is 16.2. The number of rotatable bonds is 4. The Morgan fingerprint density at radius 2 is 2.39 bits per heavy atom. The van der Waals surface area contributed by atoms with Gasteiger partial charge in [-0.2, -0.15) is 0 Å². The summed E-state index contributed by atoms with van der Waals surface area (Å²) in [6.45, 7) is 5.21. The van der Waals surface area contributed by atoms with Gasteiger partial charge < -0.3 is 15.0 Å². The number of pyridine rings is 1. The van der Waals surface area contributed by atoms with Crippen LogP contribution in [0.5, 0.6) is 5.88 Å². The Morgan fingerprint density at radius 3 is 3.04 bits per heavy atom. The number of hydrogen-bond donors (Lipinski definition) is 1.